The van der Waals surface area contributed by atoms with Gasteiger partial charge in [-0.2, -0.15) is 0 Å². The molecule has 1 fully saturated rings. The highest BCUT2D eigenvalue weighted by molar-refractivity contribution is 14.0. The van der Waals surface area contributed by atoms with Crippen molar-refractivity contribution < 1.29 is 8.95 Å². The van der Waals surface area contributed by atoms with Gasteiger partial charge < -0.3 is 15.4 Å². The van der Waals surface area contributed by atoms with Gasteiger partial charge in [-0.15, -0.1) is 24.0 Å². The van der Waals surface area contributed by atoms with Crippen LogP contribution in [0.1, 0.15) is 40.5 Å². The maximum atomic E-state index is 12.0. The third kappa shape index (κ3) is 8.97. The van der Waals surface area contributed by atoms with Crippen LogP contribution in [-0.2, 0) is 15.5 Å². The molecule has 0 aromatic heterocycles. The first kappa shape index (κ1) is 21.1. The van der Waals surface area contributed by atoms with Crippen LogP contribution in [0.4, 0.5) is 0 Å². The molecule has 1 rings (SSSR count). The molecule has 0 aliphatic carbocycles. The first-order chi connectivity index (χ1) is 9.43. The molecule has 7 heteroatoms. The number of nitrogens with zero attached hydrogens (tertiary/aromatic N) is 1. The summed E-state index contributed by atoms with van der Waals surface area (Å²) in [5, 5.41) is 6.44. The molecule has 1 heterocycles. The second kappa shape index (κ2) is 10.8. The zero-order chi connectivity index (χ0) is 15.0. The minimum Gasteiger partial charge on any atom is -0.376 e. The third-order valence-electron chi connectivity index (χ3n) is 3.08. The van der Waals surface area contributed by atoms with Crippen LogP contribution < -0.4 is 10.6 Å². The molecule has 0 radical (unpaired) electrons. The fourth-order valence-electron chi connectivity index (χ4n) is 1.89. The molecule has 0 aromatic rings. The van der Waals surface area contributed by atoms with Gasteiger partial charge in [0, 0.05) is 41.0 Å². The van der Waals surface area contributed by atoms with Crippen molar-refractivity contribution in [2.45, 2.75) is 51.4 Å². The average Bonchev–Trinajstić information content (AvgIpc) is 2.87. The van der Waals surface area contributed by atoms with E-state index in [2.05, 4.69) is 15.6 Å². The molecule has 1 aliphatic rings. The van der Waals surface area contributed by atoms with E-state index in [9.17, 15) is 4.21 Å². The van der Waals surface area contributed by atoms with Gasteiger partial charge in [0.25, 0.3) is 0 Å². The van der Waals surface area contributed by atoms with Gasteiger partial charge in [0.05, 0.1) is 12.6 Å². The summed E-state index contributed by atoms with van der Waals surface area (Å²) in [4.78, 5) is 4.52. The van der Waals surface area contributed by atoms with Crippen LogP contribution >= 0.6 is 24.0 Å². The van der Waals surface area contributed by atoms with Gasteiger partial charge in [-0.3, -0.25) is 9.20 Å². The smallest absolute Gasteiger partial charge is 0.191 e. The Bertz CT molecular complexity index is 340. The first-order valence-corrected chi connectivity index (χ1v) is 8.77. The van der Waals surface area contributed by atoms with Crippen molar-refractivity contribution in [1.82, 2.24) is 10.6 Å². The second-order valence-corrected chi connectivity index (χ2v) is 8.27. The number of halogens is 1. The quantitative estimate of drug-likeness (QED) is 0.383. The van der Waals surface area contributed by atoms with E-state index in [-0.39, 0.29) is 34.8 Å². The molecule has 1 saturated heterocycles. The van der Waals surface area contributed by atoms with Crippen molar-refractivity contribution in [1.29, 1.82) is 0 Å². The van der Waals surface area contributed by atoms with Crippen LogP contribution in [0.25, 0.3) is 0 Å². The monoisotopic (exact) mass is 431 g/mol. The molecule has 126 valence electrons. The lowest BCUT2D eigenvalue weighted by molar-refractivity contribution is 0.117. The summed E-state index contributed by atoms with van der Waals surface area (Å²) >= 11 is 0. The van der Waals surface area contributed by atoms with Crippen molar-refractivity contribution in [3.8, 4) is 0 Å². The Hall–Kier alpha value is 0.110. The van der Waals surface area contributed by atoms with E-state index in [1.54, 1.807) is 0 Å². The summed E-state index contributed by atoms with van der Waals surface area (Å²) < 4.78 is 17.4. The number of rotatable bonds is 6. The fraction of sp³-hybridized carbons (Fsp3) is 0.929. The zero-order valence-electron chi connectivity index (χ0n) is 13.6. The van der Waals surface area contributed by atoms with E-state index in [1.165, 1.54) is 0 Å². The predicted molar refractivity (Wildman–Crippen MR) is 101 cm³/mol. The lowest BCUT2D eigenvalue weighted by atomic mass is 10.2. The van der Waals surface area contributed by atoms with E-state index in [0.717, 1.165) is 32.0 Å². The number of hydrogen-bond donors (Lipinski definition) is 2. The van der Waals surface area contributed by atoms with E-state index in [4.69, 9.17) is 4.74 Å². The van der Waals surface area contributed by atoms with Crippen molar-refractivity contribution in [2.24, 2.45) is 4.99 Å². The SMILES string of the molecule is CCNC(=NCC1CCCO1)NCCS(=O)C(C)(C)C.I. The molecule has 0 spiro atoms. The first-order valence-electron chi connectivity index (χ1n) is 7.45. The van der Waals surface area contributed by atoms with Gasteiger partial charge in [0.15, 0.2) is 5.96 Å². The molecular weight excluding hydrogens is 401 g/mol. The Morgan fingerprint density at radius 3 is 2.62 bits per heavy atom. The van der Waals surface area contributed by atoms with Crippen LogP contribution in [0.3, 0.4) is 0 Å². The summed E-state index contributed by atoms with van der Waals surface area (Å²) in [6, 6.07) is 0. The second-order valence-electron chi connectivity index (χ2n) is 5.94. The maximum absolute atomic E-state index is 12.0. The highest BCUT2D eigenvalue weighted by atomic mass is 127. The molecule has 0 amide bonds. The van der Waals surface area contributed by atoms with Gasteiger partial charge in [0.2, 0.25) is 0 Å². The van der Waals surface area contributed by atoms with E-state index in [1.807, 2.05) is 27.7 Å². The lowest BCUT2D eigenvalue weighted by Gasteiger charge is -2.18. The Kier molecular flexibility index (Phi) is 10.8. The Morgan fingerprint density at radius 1 is 1.38 bits per heavy atom. The number of nitrogens with one attached hydrogen (secondary N) is 2. The van der Waals surface area contributed by atoms with Crippen molar-refractivity contribution in [2.75, 3.05) is 32.0 Å². The Balaban J connectivity index is 0.00000400. The largest absolute Gasteiger partial charge is 0.376 e. The van der Waals surface area contributed by atoms with Crippen molar-refractivity contribution in [3.63, 3.8) is 0 Å². The Morgan fingerprint density at radius 2 is 2.10 bits per heavy atom. The number of ether oxygens (including phenoxy) is 1. The zero-order valence-corrected chi connectivity index (χ0v) is 16.8. The number of aliphatic imine (C=N–C) groups is 1. The normalized spacial score (nSPS) is 20.8. The fourth-order valence-corrected chi connectivity index (χ4v) is 2.79. The minimum absolute atomic E-state index is 0. The van der Waals surface area contributed by atoms with Crippen molar-refractivity contribution in [3.05, 3.63) is 0 Å². The molecule has 21 heavy (non-hydrogen) atoms. The standard InChI is InChI=1S/C14H29N3O2S.HI/c1-5-15-13(17-11-12-7-6-9-19-12)16-8-10-20(18)14(2,3)4;/h12H,5-11H2,1-4H3,(H2,15,16,17);1H. The van der Waals surface area contributed by atoms with Crippen LogP contribution in [0.5, 0.6) is 0 Å². The third-order valence-corrected chi connectivity index (χ3v) is 5.03. The number of guanidine groups is 1. The minimum atomic E-state index is -0.834. The molecule has 0 bridgehead atoms. The van der Waals surface area contributed by atoms with Crippen LogP contribution in [-0.4, -0.2) is 53.0 Å². The lowest BCUT2D eigenvalue weighted by Crippen LogP contribution is -2.40. The van der Waals surface area contributed by atoms with E-state index >= 15 is 0 Å². The predicted octanol–water partition coefficient (Wildman–Crippen LogP) is 1.89. The highest BCUT2D eigenvalue weighted by Gasteiger charge is 2.19. The molecule has 2 N–H and O–H groups in total. The van der Waals surface area contributed by atoms with Crippen molar-refractivity contribution >= 4 is 40.7 Å². The summed E-state index contributed by atoms with van der Waals surface area (Å²) in [7, 11) is -0.834. The molecular formula is C14H30IN3O2S. The van der Waals surface area contributed by atoms with E-state index in [0.29, 0.717) is 18.8 Å². The maximum Gasteiger partial charge on any atom is 0.191 e. The summed E-state index contributed by atoms with van der Waals surface area (Å²) in [5.74, 6) is 1.42. The molecule has 0 aromatic carbocycles. The summed E-state index contributed by atoms with van der Waals surface area (Å²) in [5.41, 5.74) is 0. The van der Waals surface area contributed by atoms with Crippen LogP contribution in [0.15, 0.2) is 4.99 Å². The van der Waals surface area contributed by atoms with Crippen LogP contribution in [0.2, 0.25) is 0 Å². The Labute approximate surface area is 148 Å². The van der Waals surface area contributed by atoms with Gasteiger partial charge in [-0.25, -0.2) is 0 Å². The molecule has 1 aliphatic heterocycles. The highest BCUT2D eigenvalue weighted by Crippen LogP contribution is 2.12. The molecule has 2 unspecified atom stereocenters. The van der Waals surface area contributed by atoms with Gasteiger partial charge in [-0.05, 0) is 40.5 Å². The topological polar surface area (TPSA) is 62.7 Å². The number of hydrogen-bond acceptors (Lipinski definition) is 3. The molecule has 0 saturated carbocycles. The molecule has 2 atom stereocenters. The van der Waals surface area contributed by atoms with Gasteiger partial charge in [-0.1, -0.05) is 0 Å². The van der Waals surface area contributed by atoms with Gasteiger partial charge in [0.1, 0.15) is 0 Å². The summed E-state index contributed by atoms with van der Waals surface area (Å²) in [6.07, 6.45) is 2.49. The average molecular weight is 431 g/mol. The summed E-state index contributed by atoms with van der Waals surface area (Å²) in [6.45, 7) is 11.1. The molecule has 5 nitrogen and oxygen atoms in total. The van der Waals surface area contributed by atoms with Gasteiger partial charge >= 0.3 is 0 Å². The van der Waals surface area contributed by atoms with E-state index < -0.39 is 10.8 Å². The van der Waals surface area contributed by atoms with Crippen LogP contribution in [0, 0.1) is 0 Å².